The molecule has 1 aliphatic heterocycles. The van der Waals surface area contributed by atoms with Gasteiger partial charge in [-0.1, -0.05) is 11.8 Å². The molecule has 6 heteroatoms. The van der Waals surface area contributed by atoms with E-state index < -0.39 is 5.97 Å². The third-order valence-corrected chi connectivity index (χ3v) is 4.33. The van der Waals surface area contributed by atoms with Gasteiger partial charge in [0.05, 0.1) is 15.8 Å². The van der Waals surface area contributed by atoms with E-state index in [1.807, 2.05) is 11.8 Å². The number of thioether (sulfide) groups is 1. The summed E-state index contributed by atoms with van der Waals surface area (Å²) in [5.41, 5.74) is 0.157. The van der Waals surface area contributed by atoms with Crippen molar-refractivity contribution in [2.45, 2.75) is 36.5 Å². The van der Waals surface area contributed by atoms with E-state index in [0.717, 1.165) is 25.9 Å². The average Bonchev–Trinajstić information content (AvgIpc) is 2.48. The molecule has 0 saturated carbocycles. The number of carbonyl (C=O) groups is 2. The van der Waals surface area contributed by atoms with Crippen molar-refractivity contribution in [1.82, 2.24) is 9.88 Å². The number of carboxylic acid groups (broad SMARTS) is 1. The van der Waals surface area contributed by atoms with Crippen LogP contribution in [0.3, 0.4) is 0 Å². The lowest BCUT2D eigenvalue weighted by atomic mass is 10.1. The number of aromatic carboxylic acids is 1. The summed E-state index contributed by atoms with van der Waals surface area (Å²) in [4.78, 5) is 29.0. The third kappa shape index (κ3) is 3.72. The van der Waals surface area contributed by atoms with E-state index in [9.17, 15) is 9.59 Å². The summed E-state index contributed by atoms with van der Waals surface area (Å²) in [5, 5.41) is 9.28. The van der Waals surface area contributed by atoms with E-state index in [-0.39, 0.29) is 16.7 Å². The molecule has 0 radical (unpaired) electrons. The highest BCUT2D eigenvalue weighted by Crippen LogP contribution is 2.23. The Balaban J connectivity index is 1.94. The van der Waals surface area contributed by atoms with Gasteiger partial charge in [0, 0.05) is 19.3 Å². The maximum absolute atomic E-state index is 12.3. The first-order valence-corrected chi connectivity index (χ1v) is 7.60. The molecule has 1 aromatic rings. The summed E-state index contributed by atoms with van der Waals surface area (Å²) in [5.74, 6) is -0.856. The minimum Gasteiger partial charge on any atom is -0.478 e. The Bertz CT molecular complexity index is 484. The molecule has 1 saturated heterocycles. The summed E-state index contributed by atoms with van der Waals surface area (Å²) in [6.45, 7) is 3.55. The van der Waals surface area contributed by atoms with Crippen molar-refractivity contribution in [3.8, 4) is 0 Å². The maximum Gasteiger partial charge on any atom is 0.337 e. The van der Waals surface area contributed by atoms with Crippen LogP contribution in [0.5, 0.6) is 0 Å². The number of hydrogen-bond donors (Lipinski definition) is 1. The maximum atomic E-state index is 12.3. The zero-order valence-corrected chi connectivity index (χ0v) is 12.2. The lowest BCUT2D eigenvalue weighted by molar-refractivity contribution is -0.131. The first kappa shape index (κ1) is 14.8. The number of aromatic nitrogens is 1. The number of likely N-dealkylation sites (tertiary alicyclic amines) is 1. The van der Waals surface area contributed by atoms with Crippen LogP contribution in [0.15, 0.2) is 23.4 Å². The smallest absolute Gasteiger partial charge is 0.337 e. The van der Waals surface area contributed by atoms with Gasteiger partial charge in [0.25, 0.3) is 0 Å². The zero-order valence-electron chi connectivity index (χ0n) is 11.4. The molecule has 1 aromatic heterocycles. The Labute approximate surface area is 122 Å². The second-order valence-electron chi connectivity index (χ2n) is 4.84. The fourth-order valence-corrected chi connectivity index (χ4v) is 3.05. The molecule has 2 heterocycles. The van der Waals surface area contributed by atoms with E-state index >= 15 is 0 Å². The van der Waals surface area contributed by atoms with E-state index in [1.165, 1.54) is 30.4 Å². The topological polar surface area (TPSA) is 70.5 Å². The van der Waals surface area contributed by atoms with Gasteiger partial charge in [0.2, 0.25) is 5.91 Å². The van der Waals surface area contributed by atoms with Gasteiger partial charge < -0.3 is 10.0 Å². The number of carbonyl (C=O) groups excluding carboxylic acids is 1. The van der Waals surface area contributed by atoms with Crippen LogP contribution in [0.4, 0.5) is 0 Å². The summed E-state index contributed by atoms with van der Waals surface area (Å²) < 4.78 is 0. The highest BCUT2D eigenvalue weighted by Gasteiger charge is 2.23. The second-order valence-corrected chi connectivity index (χ2v) is 6.20. The van der Waals surface area contributed by atoms with Gasteiger partial charge in [-0.3, -0.25) is 4.79 Å². The molecule has 0 aliphatic carbocycles. The quantitative estimate of drug-likeness (QED) is 0.863. The highest BCUT2D eigenvalue weighted by atomic mass is 32.2. The number of piperidine rings is 1. The van der Waals surface area contributed by atoms with Crippen LogP contribution in [0.1, 0.15) is 36.5 Å². The van der Waals surface area contributed by atoms with Crippen molar-refractivity contribution < 1.29 is 14.7 Å². The Morgan fingerprint density at radius 2 is 2.00 bits per heavy atom. The number of nitrogens with zero attached hydrogens (tertiary/aromatic N) is 2. The van der Waals surface area contributed by atoms with Gasteiger partial charge in [-0.05, 0) is 38.3 Å². The van der Waals surface area contributed by atoms with Gasteiger partial charge in [0.15, 0.2) is 0 Å². The number of carboxylic acids is 1. The molecule has 1 unspecified atom stereocenters. The second kappa shape index (κ2) is 6.74. The lowest BCUT2D eigenvalue weighted by Crippen LogP contribution is -2.40. The highest BCUT2D eigenvalue weighted by molar-refractivity contribution is 8.00. The van der Waals surface area contributed by atoms with Crippen molar-refractivity contribution in [3.05, 3.63) is 23.9 Å². The number of pyridine rings is 1. The van der Waals surface area contributed by atoms with Crippen molar-refractivity contribution in [3.63, 3.8) is 0 Å². The molecule has 0 aromatic carbocycles. The molecule has 1 atom stereocenters. The van der Waals surface area contributed by atoms with Crippen LogP contribution in [0, 0.1) is 0 Å². The summed E-state index contributed by atoms with van der Waals surface area (Å²) in [7, 11) is 0. The van der Waals surface area contributed by atoms with Crippen LogP contribution in [0.25, 0.3) is 0 Å². The predicted molar refractivity (Wildman–Crippen MR) is 76.9 cm³/mol. The van der Waals surface area contributed by atoms with Crippen molar-refractivity contribution in [1.29, 1.82) is 0 Å². The van der Waals surface area contributed by atoms with Gasteiger partial charge in [-0.25, -0.2) is 9.78 Å². The fourth-order valence-electron chi connectivity index (χ4n) is 2.18. The summed E-state index contributed by atoms with van der Waals surface area (Å²) >= 11 is 1.37. The largest absolute Gasteiger partial charge is 0.478 e. The van der Waals surface area contributed by atoms with Gasteiger partial charge >= 0.3 is 5.97 Å². The summed E-state index contributed by atoms with van der Waals surface area (Å²) in [6.07, 6.45) is 4.68. The minimum absolute atomic E-state index is 0.138. The summed E-state index contributed by atoms with van der Waals surface area (Å²) in [6, 6.07) is 3.16. The first-order valence-electron chi connectivity index (χ1n) is 6.72. The monoisotopic (exact) mass is 294 g/mol. The molecule has 5 nitrogen and oxygen atoms in total. The molecule has 1 N–H and O–H groups in total. The van der Waals surface area contributed by atoms with Crippen molar-refractivity contribution >= 4 is 23.6 Å². The number of hydrogen-bond acceptors (Lipinski definition) is 4. The molecule has 1 amide bonds. The van der Waals surface area contributed by atoms with Crippen molar-refractivity contribution in [2.24, 2.45) is 0 Å². The lowest BCUT2D eigenvalue weighted by Gasteiger charge is -2.28. The molecule has 1 aliphatic rings. The first-order chi connectivity index (χ1) is 9.58. The van der Waals surface area contributed by atoms with Gasteiger partial charge in [-0.15, -0.1) is 0 Å². The Hall–Kier alpha value is -1.56. The molecule has 108 valence electrons. The normalized spacial score (nSPS) is 16.8. The Kier molecular flexibility index (Phi) is 5.00. The zero-order chi connectivity index (χ0) is 14.5. The van der Waals surface area contributed by atoms with Crippen LogP contribution < -0.4 is 0 Å². The molecule has 1 fully saturated rings. The molecular formula is C14H18N2O3S. The Morgan fingerprint density at radius 1 is 1.30 bits per heavy atom. The number of amides is 1. The molecule has 20 heavy (non-hydrogen) atoms. The van der Waals surface area contributed by atoms with Crippen LogP contribution in [0.2, 0.25) is 0 Å². The number of rotatable bonds is 4. The molecule has 2 rings (SSSR count). The van der Waals surface area contributed by atoms with E-state index in [0.29, 0.717) is 5.03 Å². The van der Waals surface area contributed by atoms with Crippen LogP contribution >= 0.6 is 11.8 Å². The SMILES string of the molecule is CC(Sc1ccc(C(=O)O)cn1)C(=O)N1CCCCC1. The van der Waals surface area contributed by atoms with Gasteiger partial charge in [-0.2, -0.15) is 0 Å². The third-order valence-electron chi connectivity index (χ3n) is 3.30. The van der Waals surface area contributed by atoms with Crippen molar-refractivity contribution in [2.75, 3.05) is 13.1 Å². The molecular weight excluding hydrogens is 276 g/mol. The van der Waals surface area contributed by atoms with Crippen LogP contribution in [-0.2, 0) is 4.79 Å². The van der Waals surface area contributed by atoms with E-state index in [2.05, 4.69) is 4.98 Å². The molecule has 0 bridgehead atoms. The Morgan fingerprint density at radius 3 is 2.55 bits per heavy atom. The molecule has 0 spiro atoms. The average molecular weight is 294 g/mol. The minimum atomic E-state index is -0.994. The van der Waals surface area contributed by atoms with Gasteiger partial charge in [0.1, 0.15) is 0 Å². The predicted octanol–water partition coefficient (Wildman–Crippen LogP) is 2.27. The fraction of sp³-hybridized carbons (Fsp3) is 0.500. The van der Waals surface area contributed by atoms with E-state index in [1.54, 1.807) is 6.07 Å². The van der Waals surface area contributed by atoms with E-state index in [4.69, 9.17) is 5.11 Å². The standard InChI is InChI=1S/C14H18N2O3S/c1-10(13(17)16-7-3-2-4-8-16)20-12-6-5-11(9-15-12)14(18)19/h5-6,9-10H,2-4,7-8H2,1H3,(H,18,19). The van der Waals surface area contributed by atoms with Crippen LogP contribution in [-0.4, -0.2) is 45.2 Å².